The van der Waals surface area contributed by atoms with Crippen LogP contribution in [0.3, 0.4) is 0 Å². The summed E-state index contributed by atoms with van der Waals surface area (Å²) in [4.78, 5) is 17.4. The molecule has 2 heterocycles. The van der Waals surface area contributed by atoms with Crippen molar-refractivity contribution in [2.24, 2.45) is 7.05 Å². The van der Waals surface area contributed by atoms with Crippen molar-refractivity contribution in [3.05, 3.63) is 51.7 Å². The summed E-state index contributed by atoms with van der Waals surface area (Å²) in [5.41, 5.74) is 2.64. The number of rotatable bonds is 5. The van der Waals surface area contributed by atoms with E-state index in [1.807, 2.05) is 13.8 Å². The maximum atomic E-state index is 13.0. The van der Waals surface area contributed by atoms with E-state index in [2.05, 4.69) is 15.4 Å². The van der Waals surface area contributed by atoms with Crippen LogP contribution in [0.15, 0.2) is 29.1 Å². The molecule has 1 N–H and O–H groups in total. The first-order valence-corrected chi connectivity index (χ1v) is 7.93. The Labute approximate surface area is 138 Å². The molecule has 0 saturated carbocycles. The molecule has 0 spiro atoms. The summed E-state index contributed by atoms with van der Waals surface area (Å²) in [6, 6.07) is 6.24. The Hall–Kier alpha value is -2.70. The quantitative estimate of drug-likeness (QED) is 0.781. The number of nitrogens with zero attached hydrogens (tertiary/aromatic N) is 4. The highest BCUT2D eigenvalue weighted by Crippen LogP contribution is 2.15. The number of fused-ring (bicyclic) bond motifs is 1. The third-order valence-electron chi connectivity index (χ3n) is 3.92. The van der Waals surface area contributed by atoms with Gasteiger partial charge in [0, 0.05) is 20.1 Å². The van der Waals surface area contributed by atoms with E-state index in [1.165, 1.54) is 12.1 Å². The van der Waals surface area contributed by atoms with Crippen molar-refractivity contribution in [3.63, 3.8) is 0 Å². The summed E-state index contributed by atoms with van der Waals surface area (Å²) >= 11 is 0. The monoisotopic (exact) mass is 329 g/mol. The van der Waals surface area contributed by atoms with Crippen molar-refractivity contribution in [2.75, 3.05) is 5.32 Å². The fourth-order valence-corrected chi connectivity index (χ4v) is 2.76. The standard InChI is InChI=1S/C17H20FN5O/c1-4-9-23-16(24)15-14(11(2)21-22(15)3)20-17(23)19-10-12-5-7-13(18)8-6-12/h5-8H,4,9-10H2,1-3H3,(H,19,20). The zero-order chi connectivity index (χ0) is 17.3. The second-order valence-electron chi connectivity index (χ2n) is 5.78. The van der Waals surface area contributed by atoms with Crippen molar-refractivity contribution < 1.29 is 4.39 Å². The van der Waals surface area contributed by atoms with Crippen LogP contribution in [0.1, 0.15) is 24.6 Å². The minimum absolute atomic E-state index is 0.105. The summed E-state index contributed by atoms with van der Waals surface area (Å²) in [7, 11) is 1.75. The fourth-order valence-electron chi connectivity index (χ4n) is 2.76. The van der Waals surface area contributed by atoms with Crippen molar-refractivity contribution in [3.8, 4) is 0 Å². The lowest BCUT2D eigenvalue weighted by atomic mass is 10.2. The third-order valence-corrected chi connectivity index (χ3v) is 3.92. The lowest BCUT2D eigenvalue weighted by Gasteiger charge is -2.13. The highest BCUT2D eigenvalue weighted by Gasteiger charge is 2.16. The van der Waals surface area contributed by atoms with E-state index in [1.54, 1.807) is 28.4 Å². The van der Waals surface area contributed by atoms with Crippen LogP contribution in [0.25, 0.3) is 11.0 Å². The van der Waals surface area contributed by atoms with Crippen LogP contribution in [-0.4, -0.2) is 19.3 Å². The van der Waals surface area contributed by atoms with Gasteiger partial charge in [-0.2, -0.15) is 5.10 Å². The van der Waals surface area contributed by atoms with Gasteiger partial charge in [-0.05, 0) is 31.0 Å². The van der Waals surface area contributed by atoms with E-state index >= 15 is 0 Å². The van der Waals surface area contributed by atoms with Gasteiger partial charge in [0.1, 0.15) is 11.3 Å². The molecule has 0 radical (unpaired) electrons. The van der Waals surface area contributed by atoms with Gasteiger partial charge in [-0.1, -0.05) is 19.1 Å². The molecule has 24 heavy (non-hydrogen) atoms. The van der Waals surface area contributed by atoms with Gasteiger partial charge in [0.15, 0.2) is 5.52 Å². The van der Waals surface area contributed by atoms with Gasteiger partial charge in [0.2, 0.25) is 5.95 Å². The maximum absolute atomic E-state index is 13.0. The first kappa shape index (κ1) is 16.2. The van der Waals surface area contributed by atoms with Crippen LogP contribution >= 0.6 is 0 Å². The van der Waals surface area contributed by atoms with Crippen molar-refractivity contribution in [1.82, 2.24) is 19.3 Å². The topological polar surface area (TPSA) is 64.7 Å². The predicted octanol–water partition coefficient (Wildman–Crippen LogP) is 2.60. The Morgan fingerprint density at radius 3 is 2.62 bits per heavy atom. The Bertz CT molecular complexity index is 927. The number of anilines is 1. The first-order valence-electron chi connectivity index (χ1n) is 7.93. The van der Waals surface area contributed by atoms with E-state index in [0.717, 1.165) is 17.7 Å². The average molecular weight is 329 g/mol. The molecule has 7 heteroatoms. The number of halogens is 1. The van der Waals surface area contributed by atoms with E-state index in [0.29, 0.717) is 30.1 Å². The van der Waals surface area contributed by atoms with Crippen LogP contribution in [0.5, 0.6) is 0 Å². The molecule has 0 bridgehead atoms. The van der Waals surface area contributed by atoms with E-state index in [9.17, 15) is 9.18 Å². The smallest absolute Gasteiger partial charge is 0.281 e. The van der Waals surface area contributed by atoms with Crippen molar-refractivity contribution in [1.29, 1.82) is 0 Å². The molecule has 3 rings (SSSR count). The minimum atomic E-state index is -0.271. The predicted molar refractivity (Wildman–Crippen MR) is 91.5 cm³/mol. The molecule has 0 unspecified atom stereocenters. The van der Waals surface area contributed by atoms with Crippen LogP contribution in [-0.2, 0) is 20.1 Å². The fraction of sp³-hybridized carbons (Fsp3) is 0.353. The molecule has 2 aromatic heterocycles. The van der Waals surface area contributed by atoms with Crippen LogP contribution < -0.4 is 10.9 Å². The molecular weight excluding hydrogens is 309 g/mol. The molecule has 0 aliphatic heterocycles. The number of nitrogens with one attached hydrogen (secondary N) is 1. The number of aryl methyl sites for hydroxylation is 2. The van der Waals surface area contributed by atoms with Gasteiger partial charge in [0.25, 0.3) is 5.56 Å². The van der Waals surface area contributed by atoms with Gasteiger partial charge in [0.05, 0.1) is 5.69 Å². The largest absolute Gasteiger partial charge is 0.351 e. The molecule has 126 valence electrons. The molecule has 6 nitrogen and oxygen atoms in total. The lowest BCUT2D eigenvalue weighted by molar-refractivity contribution is 0.627. The second kappa shape index (κ2) is 6.43. The Balaban J connectivity index is 2.02. The zero-order valence-corrected chi connectivity index (χ0v) is 14.0. The molecule has 0 fully saturated rings. The number of hydrogen-bond donors (Lipinski definition) is 1. The Morgan fingerprint density at radius 2 is 1.96 bits per heavy atom. The molecule has 0 saturated heterocycles. The molecular formula is C17H20FN5O. The van der Waals surface area contributed by atoms with Gasteiger partial charge >= 0.3 is 0 Å². The zero-order valence-electron chi connectivity index (χ0n) is 14.0. The summed E-state index contributed by atoms with van der Waals surface area (Å²) in [5, 5.41) is 7.49. The molecule has 3 aromatic rings. The SMILES string of the molecule is CCCn1c(NCc2ccc(F)cc2)nc2c(C)nn(C)c2c1=O. The van der Waals surface area contributed by atoms with Crippen LogP contribution in [0.4, 0.5) is 10.3 Å². The van der Waals surface area contributed by atoms with Crippen LogP contribution in [0.2, 0.25) is 0 Å². The summed E-state index contributed by atoms with van der Waals surface area (Å²) < 4.78 is 16.2. The molecule has 0 aliphatic carbocycles. The maximum Gasteiger partial charge on any atom is 0.281 e. The van der Waals surface area contributed by atoms with Gasteiger partial charge < -0.3 is 5.32 Å². The molecule has 0 aliphatic rings. The van der Waals surface area contributed by atoms with Gasteiger partial charge in [-0.15, -0.1) is 0 Å². The minimum Gasteiger partial charge on any atom is -0.351 e. The second-order valence-corrected chi connectivity index (χ2v) is 5.78. The number of benzene rings is 1. The van der Waals surface area contributed by atoms with Crippen LogP contribution in [0, 0.1) is 12.7 Å². The van der Waals surface area contributed by atoms with Crippen molar-refractivity contribution in [2.45, 2.75) is 33.4 Å². The average Bonchev–Trinajstić information content (AvgIpc) is 2.84. The summed E-state index contributed by atoms with van der Waals surface area (Å²) in [5.74, 6) is 0.238. The van der Waals surface area contributed by atoms with E-state index in [-0.39, 0.29) is 11.4 Å². The van der Waals surface area contributed by atoms with Gasteiger partial charge in [-0.3, -0.25) is 14.0 Å². The number of hydrogen-bond acceptors (Lipinski definition) is 4. The summed E-state index contributed by atoms with van der Waals surface area (Å²) in [6.07, 6.45) is 0.815. The highest BCUT2D eigenvalue weighted by atomic mass is 19.1. The molecule has 1 aromatic carbocycles. The Kier molecular flexibility index (Phi) is 4.33. The van der Waals surface area contributed by atoms with E-state index < -0.39 is 0 Å². The van der Waals surface area contributed by atoms with E-state index in [4.69, 9.17) is 0 Å². The Morgan fingerprint density at radius 1 is 1.25 bits per heavy atom. The van der Waals surface area contributed by atoms with Crippen molar-refractivity contribution >= 4 is 17.0 Å². The first-order chi connectivity index (χ1) is 11.5. The third kappa shape index (κ3) is 2.89. The highest BCUT2D eigenvalue weighted by molar-refractivity contribution is 5.77. The summed E-state index contributed by atoms with van der Waals surface area (Å²) in [6.45, 7) is 4.87. The lowest BCUT2D eigenvalue weighted by Crippen LogP contribution is -2.26. The molecule has 0 atom stereocenters. The molecule has 0 amide bonds. The normalized spacial score (nSPS) is 11.2. The van der Waals surface area contributed by atoms with Gasteiger partial charge in [-0.25, -0.2) is 9.37 Å². The number of aromatic nitrogens is 4.